The number of carbonyl (C=O) groups excluding carboxylic acids is 3. The lowest BCUT2D eigenvalue weighted by atomic mass is 10.2. The molecule has 9 nitrogen and oxygen atoms in total. The molecule has 0 fully saturated rings. The maximum atomic E-state index is 12.0. The fraction of sp³-hybridized carbons (Fsp3) is 0.304. The molecule has 2 amide bonds. The van der Waals surface area contributed by atoms with Crippen LogP contribution in [0.25, 0.3) is 0 Å². The number of hydrogen-bond donors (Lipinski definition) is 2. The zero-order valence-corrected chi connectivity index (χ0v) is 18.3. The largest absolute Gasteiger partial charge is 0.497 e. The van der Waals surface area contributed by atoms with Crippen LogP contribution >= 0.6 is 0 Å². The quantitative estimate of drug-likeness (QED) is 0.315. The van der Waals surface area contributed by atoms with Gasteiger partial charge in [-0.25, -0.2) is 10.2 Å². The number of anilines is 1. The van der Waals surface area contributed by atoms with Crippen LogP contribution < -0.4 is 20.2 Å². The summed E-state index contributed by atoms with van der Waals surface area (Å²) in [6.07, 6.45) is 0.778. The molecule has 2 aromatic carbocycles. The molecule has 0 spiro atoms. The van der Waals surface area contributed by atoms with Gasteiger partial charge in [-0.3, -0.25) is 9.59 Å². The van der Waals surface area contributed by atoms with Gasteiger partial charge in [-0.15, -0.1) is 0 Å². The van der Waals surface area contributed by atoms with Crippen LogP contribution in [0.5, 0.6) is 11.5 Å². The zero-order chi connectivity index (χ0) is 23.3. The molecule has 2 rings (SSSR count). The van der Waals surface area contributed by atoms with E-state index >= 15 is 0 Å². The van der Waals surface area contributed by atoms with Gasteiger partial charge in [-0.2, -0.15) is 5.10 Å². The van der Waals surface area contributed by atoms with Crippen molar-refractivity contribution in [3.8, 4) is 11.5 Å². The summed E-state index contributed by atoms with van der Waals surface area (Å²) in [6.45, 7) is 3.63. The number of methoxy groups -OCH3 is 1. The summed E-state index contributed by atoms with van der Waals surface area (Å²) in [7, 11) is 1.56. The third-order valence-electron chi connectivity index (χ3n) is 4.17. The number of amides is 2. The van der Waals surface area contributed by atoms with E-state index in [-0.39, 0.29) is 24.7 Å². The first-order valence-electron chi connectivity index (χ1n) is 10.1. The summed E-state index contributed by atoms with van der Waals surface area (Å²) in [6, 6.07) is 13.7. The second-order valence-electron chi connectivity index (χ2n) is 6.65. The number of nitrogens with zero attached hydrogens (tertiary/aromatic N) is 1. The Kier molecular flexibility index (Phi) is 9.70. The Morgan fingerprint density at radius 2 is 1.59 bits per heavy atom. The molecule has 0 aliphatic rings. The molecule has 0 heterocycles. The van der Waals surface area contributed by atoms with E-state index in [0.717, 1.165) is 5.56 Å². The van der Waals surface area contributed by atoms with Gasteiger partial charge in [0.2, 0.25) is 11.8 Å². The van der Waals surface area contributed by atoms with E-state index < -0.39 is 12.1 Å². The number of rotatable bonds is 11. The maximum absolute atomic E-state index is 12.0. The van der Waals surface area contributed by atoms with Crippen molar-refractivity contribution in [2.75, 3.05) is 19.0 Å². The standard InChI is InChI=1S/C23H27N3O6/c1-4-31-23(29)16(2)32-20-9-5-17(6-10-20)15-24-26-22(28)14-13-21(27)25-18-7-11-19(30-3)12-8-18/h5-12,15-16H,4,13-14H2,1-3H3,(H,25,27)(H,26,28). The Balaban J connectivity index is 1.72. The summed E-state index contributed by atoms with van der Waals surface area (Å²) >= 11 is 0. The van der Waals surface area contributed by atoms with Crippen molar-refractivity contribution >= 4 is 29.7 Å². The molecule has 1 unspecified atom stereocenters. The van der Waals surface area contributed by atoms with Crippen LogP contribution in [-0.2, 0) is 19.1 Å². The summed E-state index contributed by atoms with van der Waals surface area (Å²) < 4.78 is 15.5. The first-order chi connectivity index (χ1) is 15.4. The van der Waals surface area contributed by atoms with Crippen LogP contribution in [0.1, 0.15) is 32.3 Å². The van der Waals surface area contributed by atoms with Gasteiger partial charge < -0.3 is 19.5 Å². The number of nitrogens with one attached hydrogen (secondary N) is 2. The molecule has 2 N–H and O–H groups in total. The van der Waals surface area contributed by atoms with E-state index in [9.17, 15) is 14.4 Å². The van der Waals surface area contributed by atoms with E-state index in [1.165, 1.54) is 6.21 Å². The highest BCUT2D eigenvalue weighted by molar-refractivity contribution is 5.93. The molecule has 0 saturated carbocycles. The van der Waals surface area contributed by atoms with Crippen molar-refractivity contribution in [1.82, 2.24) is 5.43 Å². The topological polar surface area (TPSA) is 115 Å². The van der Waals surface area contributed by atoms with Gasteiger partial charge in [0.05, 0.1) is 19.9 Å². The lowest BCUT2D eigenvalue weighted by Gasteiger charge is -2.13. The van der Waals surface area contributed by atoms with E-state index in [2.05, 4.69) is 15.8 Å². The van der Waals surface area contributed by atoms with E-state index in [1.807, 2.05) is 0 Å². The Bertz CT molecular complexity index is 926. The van der Waals surface area contributed by atoms with Gasteiger partial charge >= 0.3 is 5.97 Å². The minimum Gasteiger partial charge on any atom is -0.497 e. The molecule has 0 aliphatic heterocycles. The van der Waals surface area contributed by atoms with Crippen molar-refractivity contribution in [3.05, 3.63) is 54.1 Å². The van der Waals surface area contributed by atoms with Crippen molar-refractivity contribution in [2.45, 2.75) is 32.8 Å². The van der Waals surface area contributed by atoms with E-state index in [1.54, 1.807) is 69.5 Å². The Morgan fingerprint density at radius 1 is 0.969 bits per heavy atom. The second-order valence-corrected chi connectivity index (χ2v) is 6.65. The van der Waals surface area contributed by atoms with Gasteiger partial charge in [0.15, 0.2) is 6.10 Å². The summed E-state index contributed by atoms with van der Waals surface area (Å²) in [4.78, 5) is 35.4. The molecular weight excluding hydrogens is 414 g/mol. The smallest absolute Gasteiger partial charge is 0.347 e. The SMILES string of the molecule is CCOC(=O)C(C)Oc1ccc(C=NNC(=O)CCC(=O)Nc2ccc(OC)cc2)cc1. The van der Waals surface area contributed by atoms with Gasteiger partial charge in [-0.1, -0.05) is 0 Å². The number of ether oxygens (including phenoxy) is 3. The van der Waals surface area contributed by atoms with Crippen molar-refractivity contribution in [3.63, 3.8) is 0 Å². The summed E-state index contributed by atoms with van der Waals surface area (Å²) in [5.41, 5.74) is 3.73. The minimum absolute atomic E-state index is 0.00213. The fourth-order valence-corrected chi connectivity index (χ4v) is 2.50. The highest BCUT2D eigenvalue weighted by Crippen LogP contribution is 2.15. The predicted molar refractivity (Wildman–Crippen MR) is 120 cm³/mol. The van der Waals surface area contributed by atoms with Crippen molar-refractivity contribution in [2.24, 2.45) is 5.10 Å². The lowest BCUT2D eigenvalue weighted by Crippen LogP contribution is -2.26. The monoisotopic (exact) mass is 441 g/mol. The van der Waals surface area contributed by atoms with E-state index in [4.69, 9.17) is 14.2 Å². The van der Waals surface area contributed by atoms with Crippen LogP contribution in [-0.4, -0.2) is 43.8 Å². The maximum Gasteiger partial charge on any atom is 0.347 e. The minimum atomic E-state index is -0.712. The normalized spacial score (nSPS) is 11.5. The number of benzene rings is 2. The average Bonchev–Trinajstić information content (AvgIpc) is 2.79. The van der Waals surface area contributed by atoms with E-state index in [0.29, 0.717) is 23.8 Å². The molecule has 0 radical (unpaired) electrons. The molecule has 2 aromatic rings. The van der Waals surface area contributed by atoms with Crippen LogP contribution in [0.15, 0.2) is 53.6 Å². The van der Waals surface area contributed by atoms with Crippen LogP contribution in [0.4, 0.5) is 5.69 Å². The number of esters is 1. The Hall–Kier alpha value is -3.88. The summed E-state index contributed by atoms with van der Waals surface area (Å²) in [5.74, 6) is 0.109. The van der Waals surface area contributed by atoms with Gasteiger partial charge in [0, 0.05) is 18.5 Å². The van der Waals surface area contributed by atoms with Crippen molar-refractivity contribution < 1.29 is 28.6 Å². The fourth-order valence-electron chi connectivity index (χ4n) is 2.50. The Labute approximate surface area is 186 Å². The molecule has 0 aliphatic carbocycles. The molecule has 1 atom stereocenters. The number of hydrazone groups is 1. The highest BCUT2D eigenvalue weighted by Gasteiger charge is 2.15. The van der Waals surface area contributed by atoms with Crippen molar-refractivity contribution in [1.29, 1.82) is 0 Å². The molecule has 9 heteroatoms. The third kappa shape index (κ3) is 8.47. The lowest BCUT2D eigenvalue weighted by molar-refractivity contribution is -0.150. The highest BCUT2D eigenvalue weighted by atomic mass is 16.6. The van der Waals surface area contributed by atoms with Crippen LogP contribution in [0.2, 0.25) is 0 Å². The zero-order valence-electron chi connectivity index (χ0n) is 18.3. The molecule has 0 bridgehead atoms. The van der Waals surface area contributed by atoms with Crippen LogP contribution in [0.3, 0.4) is 0 Å². The summed E-state index contributed by atoms with van der Waals surface area (Å²) in [5, 5.41) is 6.59. The molecule has 170 valence electrons. The average molecular weight is 441 g/mol. The van der Waals surface area contributed by atoms with Gasteiger partial charge in [0.25, 0.3) is 0 Å². The second kappa shape index (κ2) is 12.7. The molecule has 0 aromatic heterocycles. The molecule has 32 heavy (non-hydrogen) atoms. The first-order valence-corrected chi connectivity index (χ1v) is 10.1. The number of hydrogen-bond acceptors (Lipinski definition) is 7. The third-order valence-corrected chi connectivity index (χ3v) is 4.17. The van der Waals surface area contributed by atoms with Gasteiger partial charge in [0.1, 0.15) is 11.5 Å². The van der Waals surface area contributed by atoms with Gasteiger partial charge in [-0.05, 0) is 67.9 Å². The molecular formula is C23H27N3O6. The predicted octanol–water partition coefficient (Wildman–Crippen LogP) is 2.89. The Morgan fingerprint density at radius 3 is 2.22 bits per heavy atom. The molecule has 0 saturated heterocycles. The van der Waals surface area contributed by atoms with Crippen LogP contribution in [0, 0.1) is 0 Å². The first kappa shape index (κ1) is 24.4. The number of carbonyl (C=O) groups is 3.